The maximum absolute atomic E-state index is 12.8. The van der Waals surface area contributed by atoms with E-state index in [0.717, 1.165) is 0 Å². The number of esters is 1. The van der Waals surface area contributed by atoms with Crippen LogP contribution in [0.1, 0.15) is 30.4 Å². The molecular formula is C24H27N5O7. The predicted molar refractivity (Wildman–Crippen MR) is 127 cm³/mol. The molecule has 0 bridgehead atoms. The summed E-state index contributed by atoms with van der Waals surface area (Å²) in [7, 11) is 0. The smallest absolute Gasteiger partial charge is 0.338 e. The number of nitrogens with one attached hydrogen (secondary N) is 1. The van der Waals surface area contributed by atoms with Gasteiger partial charge in [-0.1, -0.05) is 44.7 Å². The Balaban J connectivity index is 1.74. The average molecular weight is 498 g/mol. The van der Waals surface area contributed by atoms with E-state index in [9.17, 15) is 19.8 Å². The lowest BCUT2D eigenvalue weighted by Crippen LogP contribution is -2.52. The van der Waals surface area contributed by atoms with Crippen LogP contribution in [-0.2, 0) is 14.3 Å². The van der Waals surface area contributed by atoms with E-state index in [0.29, 0.717) is 0 Å². The molecule has 1 aromatic carbocycles. The van der Waals surface area contributed by atoms with Gasteiger partial charge in [0.1, 0.15) is 18.8 Å². The summed E-state index contributed by atoms with van der Waals surface area (Å²) in [5.41, 5.74) is 0.703. The maximum Gasteiger partial charge on any atom is 0.338 e. The zero-order chi connectivity index (χ0) is 25.8. The molecule has 4 rings (SSSR count). The van der Waals surface area contributed by atoms with E-state index in [1.807, 2.05) is 0 Å². The minimum Gasteiger partial charge on any atom is -0.472 e. The first-order chi connectivity index (χ1) is 17.3. The molecule has 1 aliphatic rings. The van der Waals surface area contributed by atoms with Crippen molar-refractivity contribution in [3.63, 3.8) is 0 Å². The summed E-state index contributed by atoms with van der Waals surface area (Å²) in [6.45, 7) is 6.96. The normalized spacial score (nSPS) is 21.8. The molecule has 3 heterocycles. The van der Waals surface area contributed by atoms with Crippen LogP contribution < -0.4 is 10.1 Å². The van der Waals surface area contributed by atoms with Crippen LogP contribution in [0, 0.1) is 5.92 Å². The highest BCUT2D eigenvalue weighted by molar-refractivity contribution is 5.91. The van der Waals surface area contributed by atoms with Gasteiger partial charge >= 0.3 is 5.97 Å². The highest BCUT2D eigenvalue weighted by Gasteiger charge is 2.43. The molecule has 4 atom stereocenters. The van der Waals surface area contributed by atoms with Crippen LogP contribution in [0.2, 0.25) is 0 Å². The fraction of sp³-hybridized carbons (Fsp3) is 0.375. The second-order valence-electron chi connectivity index (χ2n) is 8.44. The van der Waals surface area contributed by atoms with Crippen molar-refractivity contribution in [3.05, 3.63) is 54.9 Å². The van der Waals surface area contributed by atoms with Crippen LogP contribution in [0.25, 0.3) is 11.2 Å². The van der Waals surface area contributed by atoms with Gasteiger partial charge in [0.15, 0.2) is 23.5 Å². The number of carbonyl (C=O) groups is 2. The molecule has 3 aromatic rings. The third-order valence-electron chi connectivity index (χ3n) is 5.46. The number of benzene rings is 1. The Morgan fingerprint density at radius 3 is 2.72 bits per heavy atom. The van der Waals surface area contributed by atoms with Gasteiger partial charge in [-0.25, -0.2) is 9.78 Å². The third-order valence-corrected chi connectivity index (χ3v) is 5.46. The summed E-state index contributed by atoms with van der Waals surface area (Å²) in [5, 5.41) is 23.5. The van der Waals surface area contributed by atoms with Gasteiger partial charge in [-0.3, -0.25) is 14.7 Å². The fourth-order valence-electron chi connectivity index (χ4n) is 3.54. The molecule has 1 amide bonds. The van der Waals surface area contributed by atoms with Crippen molar-refractivity contribution in [1.82, 2.24) is 19.5 Å². The van der Waals surface area contributed by atoms with Gasteiger partial charge in [0.05, 0.1) is 18.5 Å². The summed E-state index contributed by atoms with van der Waals surface area (Å²) in [6.07, 6.45) is -2.25. The molecule has 190 valence electrons. The van der Waals surface area contributed by atoms with Gasteiger partial charge in [-0.05, 0) is 12.1 Å². The number of carbonyl (C=O) groups excluding carboxylic acids is 2. The molecule has 36 heavy (non-hydrogen) atoms. The summed E-state index contributed by atoms with van der Waals surface area (Å²) in [4.78, 5) is 38.0. The number of anilines is 1. The van der Waals surface area contributed by atoms with Crippen LogP contribution in [0.5, 0.6) is 5.88 Å². The SMILES string of the molecule is C=CCOc1nc(NC(=O)C(C)C)nc2c1ncn2C1OC[C@@H](O)[C@H](O)[C@@H]1OC(=O)c1ccccc1. The van der Waals surface area contributed by atoms with Gasteiger partial charge in [0, 0.05) is 5.92 Å². The number of nitrogens with zero attached hydrogens (tertiary/aromatic N) is 4. The Kier molecular flexibility index (Phi) is 7.58. The van der Waals surface area contributed by atoms with E-state index in [-0.39, 0.29) is 53.6 Å². The van der Waals surface area contributed by atoms with Crippen LogP contribution in [-0.4, -0.2) is 73.1 Å². The van der Waals surface area contributed by atoms with E-state index in [2.05, 4.69) is 26.8 Å². The molecule has 3 N–H and O–H groups in total. The number of hydrogen-bond donors (Lipinski definition) is 3. The fourth-order valence-corrected chi connectivity index (χ4v) is 3.54. The van der Waals surface area contributed by atoms with Crippen molar-refractivity contribution in [2.24, 2.45) is 5.92 Å². The van der Waals surface area contributed by atoms with Crippen LogP contribution in [0.3, 0.4) is 0 Å². The minimum atomic E-state index is -1.45. The van der Waals surface area contributed by atoms with E-state index < -0.39 is 30.5 Å². The van der Waals surface area contributed by atoms with E-state index in [1.54, 1.807) is 44.2 Å². The number of fused-ring (bicyclic) bond motifs is 1. The molecular weight excluding hydrogens is 470 g/mol. The topological polar surface area (TPSA) is 158 Å². The average Bonchev–Trinajstić information content (AvgIpc) is 3.29. The van der Waals surface area contributed by atoms with Crippen molar-refractivity contribution in [1.29, 1.82) is 0 Å². The molecule has 1 saturated heterocycles. The van der Waals surface area contributed by atoms with Crippen LogP contribution in [0.4, 0.5) is 5.95 Å². The molecule has 0 spiro atoms. The number of aromatic nitrogens is 4. The number of ether oxygens (including phenoxy) is 3. The lowest BCUT2D eigenvalue weighted by molar-refractivity contribution is -0.210. The molecule has 12 nitrogen and oxygen atoms in total. The predicted octanol–water partition coefficient (Wildman–Crippen LogP) is 1.46. The van der Waals surface area contributed by atoms with E-state index in [4.69, 9.17) is 14.2 Å². The minimum absolute atomic E-state index is 0.0313. The number of rotatable bonds is 8. The first-order valence-corrected chi connectivity index (χ1v) is 11.3. The number of imidazole rings is 1. The number of hydrogen-bond acceptors (Lipinski definition) is 10. The summed E-state index contributed by atoms with van der Waals surface area (Å²) >= 11 is 0. The Labute approximate surface area is 206 Å². The quantitative estimate of drug-likeness (QED) is 0.307. The molecule has 0 radical (unpaired) electrons. The molecule has 1 unspecified atom stereocenters. The largest absolute Gasteiger partial charge is 0.472 e. The van der Waals surface area contributed by atoms with E-state index in [1.165, 1.54) is 17.0 Å². The second-order valence-corrected chi connectivity index (χ2v) is 8.44. The zero-order valence-corrected chi connectivity index (χ0v) is 19.8. The molecule has 2 aromatic heterocycles. The Morgan fingerprint density at radius 1 is 1.28 bits per heavy atom. The van der Waals surface area contributed by atoms with Gasteiger partial charge < -0.3 is 24.4 Å². The van der Waals surface area contributed by atoms with Crippen molar-refractivity contribution < 1.29 is 34.0 Å². The molecule has 12 heteroatoms. The summed E-state index contributed by atoms with van der Waals surface area (Å²) < 4.78 is 18.4. The van der Waals surface area contributed by atoms with E-state index >= 15 is 0 Å². The standard InChI is InChI=1S/C24H27N5O7/c1-4-10-34-21-16-19(26-24(28-21)27-20(32)13(2)3)29(12-25-16)22-18(17(31)15(30)11-35-22)36-23(33)14-8-6-5-7-9-14/h4-9,12-13,15,17-18,22,30-31H,1,10-11H2,2-3H3,(H,26,27,28,32)/t15-,17+,18+,22?/m1/s1. The number of amides is 1. The highest BCUT2D eigenvalue weighted by Crippen LogP contribution is 2.32. The lowest BCUT2D eigenvalue weighted by Gasteiger charge is -2.38. The Bertz CT molecular complexity index is 1250. The van der Waals surface area contributed by atoms with Crippen molar-refractivity contribution in [2.75, 3.05) is 18.5 Å². The van der Waals surface area contributed by atoms with Crippen molar-refractivity contribution >= 4 is 29.0 Å². The molecule has 1 aliphatic heterocycles. The maximum atomic E-state index is 12.8. The molecule has 0 saturated carbocycles. The van der Waals surface area contributed by atoms with Crippen LogP contribution >= 0.6 is 0 Å². The third kappa shape index (κ3) is 5.20. The van der Waals surface area contributed by atoms with Gasteiger partial charge in [-0.15, -0.1) is 0 Å². The first-order valence-electron chi connectivity index (χ1n) is 11.3. The Morgan fingerprint density at radius 2 is 2.03 bits per heavy atom. The van der Waals surface area contributed by atoms with Gasteiger partial charge in [0.25, 0.3) is 0 Å². The highest BCUT2D eigenvalue weighted by atomic mass is 16.6. The van der Waals surface area contributed by atoms with Crippen molar-refractivity contribution in [2.45, 2.75) is 38.4 Å². The van der Waals surface area contributed by atoms with Gasteiger partial charge in [-0.2, -0.15) is 9.97 Å². The number of aliphatic hydroxyl groups is 2. The summed E-state index contributed by atoms with van der Waals surface area (Å²) in [6, 6.07) is 8.23. The monoisotopic (exact) mass is 497 g/mol. The zero-order valence-electron chi connectivity index (χ0n) is 19.8. The lowest BCUT2D eigenvalue weighted by atomic mass is 10.0. The first kappa shape index (κ1) is 25.2. The summed E-state index contributed by atoms with van der Waals surface area (Å²) in [5.74, 6) is -1.28. The number of aliphatic hydroxyl groups excluding tert-OH is 2. The van der Waals surface area contributed by atoms with Crippen molar-refractivity contribution in [3.8, 4) is 5.88 Å². The molecule has 1 fully saturated rings. The van der Waals surface area contributed by atoms with Crippen LogP contribution in [0.15, 0.2) is 49.3 Å². The van der Waals surface area contributed by atoms with Gasteiger partial charge in [0.2, 0.25) is 17.7 Å². The second kappa shape index (κ2) is 10.8. The Hall–Kier alpha value is -3.87. The molecule has 0 aliphatic carbocycles.